The first-order valence-corrected chi connectivity index (χ1v) is 11.0. The molecule has 1 atom stereocenters. The largest absolute Gasteiger partial charge is 0.341 e. The second kappa shape index (κ2) is 10.0. The van der Waals surface area contributed by atoms with E-state index in [1.54, 1.807) is 29.2 Å². The van der Waals surface area contributed by atoms with Crippen molar-refractivity contribution in [3.63, 3.8) is 0 Å². The normalized spacial score (nSPS) is 18.2. The summed E-state index contributed by atoms with van der Waals surface area (Å²) in [5.74, 6) is -0.337. The molecule has 2 aliphatic heterocycles. The number of urea groups is 1. The maximum atomic E-state index is 13.4. The third-order valence-corrected chi connectivity index (χ3v) is 5.83. The highest BCUT2D eigenvalue weighted by Gasteiger charge is 2.44. The van der Waals surface area contributed by atoms with Crippen LogP contribution in [0.5, 0.6) is 0 Å². The van der Waals surface area contributed by atoms with Crippen molar-refractivity contribution in [1.82, 2.24) is 20.0 Å². The summed E-state index contributed by atoms with van der Waals surface area (Å²) in [4.78, 5) is 43.9. The second-order valence-corrected chi connectivity index (χ2v) is 8.11. The molecule has 0 spiro atoms. The van der Waals surface area contributed by atoms with Crippen molar-refractivity contribution in [2.24, 2.45) is 0 Å². The van der Waals surface area contributed by atoms with Crippen LogP contribution < -0.4 is 5.32 Å². The summed E-state index contributed by atoms with van der Waals surface area (Å²) in [6.07, 6.45) is 3.33. The lowest BCUT2D eigenvalue weighted by Crippen LogP contribution is -2.47. The first kappa shape index (κ1) is 22.9. The molecule has 1 aromatic rings. The molecular weight excluding hydrogens is 416 g/mol. The molecule has 166 valence electrons. The quantitative estimate of drug-likeness (QED) is 0.594. The molecule has 0 radical (unpaired) electrons. The third-order valence-electron chi connectivity index (χ3n) is 5.49. The Morgan fingerprint density at radius 3 is 2.55 bits per heavy atom. The molecule has 2 aliphatic rings. The highest BCUT2D eigenvalue weighted by Crippen LogP contribution is 2.38. The molecule has 0 bridgehead atoms. The van der Waals surface area contributed by atoms with Crippen molar-refractivity contribution < 1.29 is 14.4 Å². The number of benzene rings is 1. The molecule has 3 rings (SSSR count). The molecule has 1 N–H and O–H groups in total. The third kappa shape index (κ3) is 4.61. The van der Waals surface area contributed by atoms with E-state index >= 15 is 0 Å². The van der Waals surface area contributed by atoms with Crippen LogP contribution in [0.2, 0.25) is 5.02 Å². The average Bonchev–Trinajstić information content (AvgIpc) is 3.06. The molecule has 8 heteroatoms. The highest BCUT2D eigenvalue weighted by molar-refractivity contribution is 6.31. The van der Waals surface area contributed by atoms with Crippen molar-refractivity contribution in [1.29, 1.82) is 0 Å². The lowest BCUT2D eigenvalue weighted by molar-refractivity contribution is -0.137. The fraction of sp³-hybridized carbons (Fsp3) is 0.435. The number of rotatable bonds is 9. The predicted octanol–water partition coefficient (Wildman–Crippen LogP) is 3.34. The van der Waals surface area contributed by atoms with E-state index in [4.69, 9.17) is 11.6 Å². The van der Waals surface area contributed by atoms with Gasteiger partial charge in [0.1, 0.15) is 6.54 Å². The molecule has 0 fully saturated rings. The van der Waals surface area contributed by atoms with Crippen LogP contribution in [-0.2, 0) is 9.59 Å². The number of hydrogen-bond donors (Lipinski definition) is 1. The Kier molecular flexibility index (Phi) is 7.38. The zero-order valence-corrected chi connectivity index (χ0v) is 18.8. The average molecular weight is 445 g/mol. The van der Waals surface area contributed by atoms with E-state index in [0.717, 1.165) is 12.8 Å². The van der Waals surface area contributed by atoms with E-state index in [9.17, 15) is 14.4 Å². The summed E-state index contributed by atoms with van der Waals surface area (Å²) >= 11 is 6.38. The Hall–Kier alpha value is -2.80. The molecule has 7 nitrogen and oxygen atoms in total. The van der Waals surface area contributed by atoms with Gasteiger partial charge in [0, 0.05) is 24.7 Å². The van der Waals surface area contributed by atoms with Gasteiger partial charge in [-0.15, -0.1) is 6.58 Å². The molecule has 0 saturated carbocycles. The number of nitrogens with zero attached hydrogens (tertiary/aromatic N) is 3. The molecule has 0 aromatic heterocycles. The standard InChI is InChI=1S/C23H29ClN4O3/c1-4-11-26(12-5-2)19(29)15-27-14-18-20(22(27)30)21(16-9-7-8-10-17(16)24)25-23(31)28(18)13-6-3/h6-10,21H,3-5,11-15H2,1-2H3,(H,25,31). The van der Waals surface area contributed by atoms with Crippen LogP contribution in [0.25, 0.3) is 0 Å². The molecule has 0 aliphatic carbocycles. The van der Waals surface area contributed by atoms with Gasteiger partial charge in [0.15, 0.2) is 0 Å². The Bertz CT molecular complexity index is 908. The van der Waals surface area contributed by atoms with Gasteiger partial charge in [-0.25, -0.2) is 4.79 Å². The first-order chi connectivity index (χ1) is 14.9. The van der Waals surface area contributed by atoms with Crippen molar-refractivity contribution in [2.45, 2.75) is 32.7 Å². The van der Waals surface area contributed by atoms with Gasteiger partial charge in [-0.05, 0) is 24.5 Å². The first-order valence-electron chi connectivity index (χ1n) is 10.7. The maximum absolute atomic E-state index is 13.4. The van der Waals surface area contributed by atoms with Crippen LogP contribution in [0.15, 0.2) is 48.2 Å². The second-order valence-electron chi connectivity index (χ2n) is 7.71. The van der Waals surface area contributed by atoms with E-state index in [1.165, 1.54) is 9.80 Å². The molecule has 1 unspecified atom stereocenters. The van der Waals surface area contributed by atoms with Gasteiger partial charge in [-0.2, -0.15) is 0 Å². The summed E-state index contributed by atoms with van der Waals surface area (Å²) in [5, 5.41) is 3.37. The van der Waals surface area contributed by atoms with Crippen molar-refractivity contribution in [2.75, 3.05) is 32.7 Å². The zero-order valence-electron chi connectivity index (χ0n) is 18.1. The van der Waals surface area contributed by atoms with Gasteiger partial charge in [0.25, 0.3) is 5.91 Å². The van der Waals surface area contributed by atoms with Crippen LogP contribution in [0.3, 0.4) is 0 Å². The fourth-order valence-corrected chi connectivity index (χ4v) is 4.35. The van der Waals surface area contributed by atoms with Gasteiger partial charge >= 0.3 is 6.03 Å². The lowest BCUT2D eigenvalue weighted by Gasteiger charge is -2.33. The molecule has 0 saturated heterocycles. The molecule has 1 aromatic carbocycles. The van der Waals surface area contributed by atoms with Gasteiger partial charge < -0.3 is 15.1 Å². The molecule has 2 heterocycles. The van der Waals surface area contributed by atoms with Crippen LogP contribution in [0.1, 0.15) is 38.3 Å². The van der Waals surface area contributed by atoms with Crippen LogP contribution in [-0.4, -0.2) is 65.3 Å². The van der Waals surface area contributed by atoms with Gasteiger partial charge in [0.05, 0.1) is 23.9 Å². The number of amides is 4. The summed E-state index contributed by atoms with van der Waals surface area (Å²) in [5.41, 5.74) is 1.71. The number of carbonyl (C=O) groups excluding carboxylic acids is 3. The summed E-state index contributed by atoms with van der Waals surface area (Å²) in [6.45, 7) is 9.54. The molecule has 31 heavy (non-hydrogen) atoms. The predicted molar refractivity (Wildman–Crippen MR) is 120 cm³/mol. The minimum Gasteiger partial charge on any atom is -0.341 e. The minimum absolute atomic E-state index is 0.0167. The summed E-state index contributed by atoms with van der Waals surface area (Å²) < 4.78 is 0. The van der Waals surface area contributed by atoms with Crippen LogP contribution >= 0.6 is 11.6 Å². The fourth-order valence-electron chi connectivity index (χ4n) is 4.11. The van der Waals surface area contributed by atoms with Crippen molar-refractivity contribution in [3.8, 4) is 0 Å². The number of halogens is 1. The Labute approximate surface area is 188 Å². The number of nitrogens with one attached hydrogen (secondary N) is 1. The smallest absolute Gasteiger partial charge is 0.322 e. The van der Waals surface area contributed by atoms with Gasteiger partial charge in [-0.1, -0.05) is 49.7 Å². The van der Waals surface area contributed by atoms with E-state index in [1.807, 2.05) is 19.9 Å². The Morgan fingerprint density at radius 2 is 1.94 bits per heavy atom. The van der Waals surface area contributed by atoms with Gasteiger partial charge in [-0.3, -0.25) is 14.5 Å². The van der Waals surface area contributed by atoms with Crippen LogP contribution in [0, 0.1) is 0 Å². The van der Waals surface area contributed by atoms with E-state index in [-0.39, 0.29) is 37.5 Å². The van der Waals surface area contributed by atoms with E-state index in [2.05, 4.69) is 11.9 Å². The van der Waals surface area contributed by atoms with E-state index < -0.39 is 6.04 Å². The topological polar surface area (TPSA) is 73.0 Å². The minimum atomic E-state index is -0.660. The lowest BCUT2D eigenvalue weighted by atomic mass is 9.95. The SMILES string of the molecule is C=CCN1C(=O)NC(c2ccccc2Cl)C2=C1CN(CC(=O)N(CCC)CCC)C2=O. The molecular formula is C23H29ClN4O3. The molecule has 4 amide bonds. The Morgan fingerprint density at radius 1 is 1.26 bits per heavy atom. The zero-order chi connectivity index (χ0) is 22.5. The maximum Gasteiger partial charge on any atom is 0.322 e. The highest BCUT2D eigenvalue weighted by atomic mass is 35.5. The monoisotopic (exact) mass is 444 g/mol. The van der Waals surface area contributed by atoms with Crippen molar-refractivity contribution >= 4 is 29.4 Å². The van der Waals surface area contributed by atoms with Crippen LogP contribution in [0.4, 0.5) is 4.79 Å². The Balaban J connectivity index is 1.92. The van der Waals surface area contributed by atoms with E-state index in [0.29, 0.717) is 34.9 Å². The number of carbonyl (C=O) groups is 3. The van der Waals surface area contributed by atoms with Crippen molar-refractivity contribution in [3.05, 3.63) is 58.8 Å². The summed E-state index contributed by atoms with van der Waals surface area (Å²) in [7, 11) is 0. The summed E-state index contributed by atoms with van der Waals surface area (Å²) in [6, 6.07) is 6.17. The van der Waals surface area contributed by atoms with Gasteiger partial charge in [0.2, 0.25) is 5.91 Å². The number of hydrogen-bond acceptors (Lipinski definition) is 3.